The van der Waals surface area contributed by atoms with Gasteiger partial charge in [0.1, 0.15) is 6.04 Å². The Labute approximate surface area is 110 Å². The standard InChI is InChI=1S/C9H9N3O6S/c10-6(13)3-4(9(15)16)11-8(14)5-1-2-7(19-5)12(17)18/h1-2,4H,3H2,(H2,10,13)(H,11,14)(H,15,16). The number of carbonyl (C=O) groups is 3. The lowest BCUT2D eigenvalue weighted by Gasteiger charge is -2.11. The number of rotatable bonds is 6. The predicted molar refractivity (Wildman–Crippen MR) is 63.7 cm³/mol. The van der Waals surface area contributed by atoms with Crippen molar-refractivity contribution < 1.29 is 24.4 Å². The second-order valence-corrected chi connectivity index (χ2v) is 4.49. The van der Waals surface area contributed by atoms with E-state index >= 15 is 0 Å². The number of hydrogen-bond donors (Lipinski definition) is 3. The minimum Gasteiger partial charge on any atom is -0.480 e. The first-order chi connectivity index (χ1) is 8.81. The normalized spacial score (nSPS) is 11.6. The van der Waals surface area contributed by atoms with Crippen LogP contribution in [-0.4, -0.2) is 33.9 Å². The first kappa shape index (κ1) is 14.6. The molecule has 0 spiro atoms. The average molecular weight is 287 g/mol. The number of carboxylic acids is 1. The largest absolute Gasteiger partial charge is 0.480 e. The summed E-state index contributed by atoms with van der Waals surface area (Å²) < 4.78 is 0. The first-order valence-corrected chi connectivity index (χ1v) is 5.69. The summed E-state index contributed by atoms with van der Waals surface area (Å²) in [7, 11) is 0. The van der Waals surface area contributed by atoms with Crippen molar-refractivity contribution in [2.75, 3.05) is 0 Å². The highest BCUT2D eigenvalue weighted by molar-refractivity contribution is 7.17. The van der Waals surface area contributed by atoms with Crippen molar-refractivity contribution >= 4 is 34.1 Å². The molecule has 9 nitrogen and oxygen atoms in total. The van der Waals surface area contributed by atoms with Gasteiger partial charge in [-0.15, -0.1) is 0 Å². The number of carbonyl (C=O) groups excluding carboxylic acids is 2. The smallest absolute Gasteiger partial charge is 0.326 e. The van der Waals surface area contributed by atoms with E-state index in [0.717, 1.165) is 6.07 Å². The Kier molecular flexibility index (Phi) is 4.53. The van der Waals surface area contributed by atoms with Crippen LogP contribution in [0.5, 0.6) is 0 Å². The Morgan fingerprint density at radius 1 is 1.47 bits per heavy atom. The van der Waals surface area contributed by atoms with Gasteiger partial charge in [-0.25, -0.2) is 4.79 Å². The van der Waals surface area contributed by atoms with Crippen LogP contribution in [0.15, 0.2) is 12.1 Å². The zero-order valence-corrected chi connectivity index (χ0v) is 10.2. The number of amides is 2. The highest BCUT2D eigenvalue weighted by Crippen LogP contribution is 2.23. The maximum absolute atomic E-state index is 11.6. The van der Waals surface area contributed by atoms with E-state index in [1.807, 2.05) is 0 Å². The lowest BCUT2D eigenvalue weighted by molar-refractivity contribution is -0.380. The molecule has 2 amide bonds. The van der Waals surface area contributed by atoms with Crippen molar-refractivity contribution in [3.63, 3.8) is 0 Å². The Balaban J connectivity index is 2.78. The van der Waals surface area contributed by atoms with Crippen molar-refractivity contribution in [1.82, 2.24) is 5.32 Å². The molecular weight excluding hydrogens is 278 g/mol. The summed E-state index contributed by atoms with van der Waals surface area (Å²) in [4.78, 5) is 42.8. The van der Waals surface area contributed by atoms with E-state index in [2.05, 4.69) is 5.32 Å². The third-order valence-electron chi connectivity index (χ3n) is 2.00. The molecule has 0 bridgehead atoms. The van der Waals surface area contributed by atoms with Gasteiger partial charge in [0.2, 0.25) is 5.91 Å². The van der Waals surface area contributed by atoms with Gasteiger partial charge in [-0.05, 0) is 6.07 Å². The van der Waals surface area contributed by atoms with E-state index in [4.69, 9.17) is 10.8 Å². The number of primary amides is 1. The van der Waals surface area contributed by atoms with Crippen molar-refractivity contribution in [3.8, 4) is 0 Å². The summed E-state index contributed by atoms with van der Waals surface area (Å²) in [6.07, 6.45) is -0.561. The number of nitrogens with one attached hydrogen (secondary N) is 1. The van der Waals surface area contributed by atoms with E-state index < -0.39 is 35.2 Å². The fourth-order valence-corrected chi connectivity index (χ4v) is 1.90. The van der Waals surface area contributed by atoms with Crippen LogP contribution in [0.25, 0.3) is 0 Å². The number of nitrogens with zero attached hydrogens (tertiary/aromatic N) is 1. The molecule has 1 heterocycles. The van der Waals surface area contributed by atoms with Crippen LogP contribution in [0.2, 0.25) is 0 Å². The molecule has 1 atom stereocenters. The fraction of sp³-hybridized carbons (Fsp3) is 0.222. The lowest BCUT2D eigenvalue weighted by atomic mass is 10.2. The van der Waals surface area contributed by atoms with E-state index in [1.165, 1.54) is 6.07 Å². The van der Waals surface area contributed by atoms with Gasteiger partial charge in [-0.3, -0.25) is 19.7 Å². The molecule has 0 saturated heterocycles. The monoisotopic (exact) mass is 287 g/mol. The minimum atomic E-state index is -1.47. The molecule has 0 aromatic carbocycles. The summed E-state index contributed by atoms with van der Waals surface area (Å²) in [5.74, 6) is -3.12. The van der Waals surface area contributed by atoms with E-state index in [-0.39, 0.29) is 9.88 Å². The molecule has 102 valence electrons. The summed E-state index contributed by atoms with van der Waals surface area (Å²) in [5.41, 5.74) is 4.85. The highest BCUT2D eigenvalue weighted by Gasteiger charge is 2.24. The van der Waals surface area contributed by atoms with Gasteiger partial charge in [0.15, 0.2) is 0 Å². The predicted octanol–water partition coefficient (Wildman–Crippen LogP) is -0.285. The molecule has 10 heteroatoms. The van der Waals surface area contributed by atoms with Gasteiger partial charge in [0, 0.05) is 6.07 Å². The Morgan fingerprint density at radius 2 is 2.11 bits per heavy atom. The van der Waals surface area contributed by atoms with Gasteiger partial charge >= 0.3 is 11.0 Å². The summed E-state index contributed by atoms with van der Waals surface area (Å²) in [6.45, 7) is 0. The van der Waals surface area contributed by atoms with Crippen LogP contribution >= 0.6 is 11.3 Å². The Morgan fingerprint density at radius 3 is 2.53 bits per heavy atom. The van der Waals surface area contributed by atoms with Crippen LogP contribution in [0.3, 0.4) is 0 Å². The SMILES string of the molecule is NC(=O)CC(NC(=O)c1ccc([N+](=O)[O-])s1)C(=O)O. The topological polar surface area (TPSA) is 153 Å². The fourth-order valence-electron chi connectivity index (χ4n) is 1.18. The molecule has 1 aromatic rings. The third-order valence-corrected chi connectivity index (χ3v) is 3.04. The molecule has 0 radical (unpaired) electrons. The van der Waals surface area contributed by atoms with Crippen LogP contribution < -0.4 is 11.1 Å². The van der Waals surface area contributed by atoms with Gasteiger partial charge < -0.3 is 16.2 Å². The van der Waals surface area contributed by atoms with Crippen LogP contribution in [-0.2, 0) is 9.59 Å². The molecule has 1 aromatic heterocycles. The average Bonchev–Trinajstić information content (AvgIpc) is 2.76. The Bertz CT molecular complexity index is 540. The number of nitrogens with two attached hydrogens (primary N) is 1. The molecular formula is C9H9N3O6S. The van der Waals surface area contributed by atoms with Gasteiger partial charge in [-0.1, -0.05) is 11.3 Å². The quantitative estimate of drug-likeness (QED) is 0.483. The number of nitro groups is 1. The van der Waals surface area contributed by atoms with Crippen molar-refractivity contribution in [3.05, 3.63) is 27.1 Å². The zero-order valence-electron chi connectivity index (χ0n) is 9.36. The number of hydrogen-bond acceptors (Lipinski definition) is 6. The van der Waals surface area contributed by atoms with Crippen molar-refractivity contribution in [2.24, 2.45) is 5.73 Å². The van der Waals surface area contributed by atoms with Gasteiger partial charge in [0.25, 0.3) is 5.91 Å². The molecule has 19 heavy (non-hydrogen) atoms. The molecule has 0 aliphatic rings. The first-order valence-electron chi connectivity index (χ1n) is 4.87. The summed E-state index contributed by atoms with van der Waals surface area (Å²) in [5, 5.41) is 21.0. The van der Waals surface area contributed by atoms with Gasteiger partial charge in [0.05, 0.1) is 16.2 Å². The number of thiophene rings is 1. The zero-order chi connectivity index (χ0) is 14.6. The molecule has 0 aliphatic heterocycles. The molecule has 0 saturated carbocycles. The highest BCUT2D eigenvalue weighted by atomic mass is 32.1. The maximum Gasteiger partial charge on any atom is 0.326 e. The van der Waals surface area contributed by atoms with Crippen LogP contribution in [0.1, 0.15) is 16.1 Å². The minimum absolute atomic E-state index is 0.0255. The molecule has 0 fully saturated rings. The van der Waals surface area contributed by atoms with Crippen LogP contribution in [0.4, 0.5) is 5.00 Å². The molecule has 0 aliphatic carbocycles. The number of carboxylic acid groups (broad SMARTS) is 1. The molecule has 1 rings (SSSR count). The van der Waals surface area contributed by atoms with Crippen molar-refractivity contribution in [2.45, 2.75) is 12.5 Å². The van der Waals surface area contributed by atoms with E-state index in [1.54, 1.807) is 0 Å². The number of aliphatic carboxylic acids is 1. The van der Waals surface area contributed by atoms with E-state index in [0.29, 0.717) is 11.3 Å². The Hall–Kier alpha value is -2.49. The summed E-state index contributed by atoms with van der Waals surface area (Å²) in [6, 6.07) is 0.858. The lowest BCUT2D eigenvalue weighted by Crippen LogP contribution is -2.43. The van der Waals surface area contributed by atoms with Crippen molar-refractivity contribution in [1.29, 1.82) is 0 Å². The van der Waals surface area contributed by atoms with Gasteiger partial charge in [-0.2, -0.15) is 0 Å². The summed E-state index contributed by atoms with van der Waals surface area (Å²) >= 11 is 0.601. The third kappa shape index (κ3) is 4.03. The molecule has 1 unspecified atom stereocenters. The van der Waals surface area contributed by atoms with E-state index in [9.17, 15) is 24.5 Å². The molecule has 4 N–H and O–H groups in total. The van der Waals surface area contributed by atoms with Crippen LogP contribution in [0, 0.1) is 10.1 Å². The second-order valence-electron chi connectivity index (χ2n) is 3.43. The maximum atomic E-state index is 11.6. The second kappa shape index (κ2) is 5.91.